The number of imidazole rings is 1. The second-order valence-electron chi connectivity index (χ2n) is 4.78. The summed E-state index contributed by atoms with van der Waals surface area (Å²) in [6.45, 7) is 2.00. The molecule has 0 aliphatic heterocycles. The molecule has 0 radical (unpaired) electrons. The van der Waals surface area contributed by atoms with E-state index in [9.17, 15) is 4.79 Å². The van der Waals surface area contributed by atoms with Crippen molar-refractivity contribution in [1.82, 2.24) is 24.6 Å². The summed E-state index contributed by atoms with van der Waals surface area (Å²) in [4.78, 5) is 21.0. The molecule has 0 amide bonds. The Labute approximate surface area is 113 Å². The number of aromatic nitrogens is 5. The summed E-state index contributed by atoms with van der Waals surface area (Å²) in [6, 6.07) is 7.88. The highest BCUT2D eigenvalue weighted by Crippen LogP contribution is 2.24. The summed E-state index contributed by atoms with van der Waals surface area (Å²) in [5.74, 6) is 0. The number of aryl methyl sites for hydroxylation is 1. The molecule has 0 aliphatic carbocycles. The molecule has 0 spiro atoms. The van der Waals surface area contributed by atoms with Gasteiger partial charge in [0, 0.05) is 11.8 Å². The maximum absolute atomic E-state index is 11.3. The third kappa shape index (κ3) is 1.55. The first-order valence-electron chi connectivity index (χ1n) is 6.23. The quantitative estimate of drug-likeness (QED) is 0.551. The largest absolute Gasteiger partial charge is 0.323 e. The molecule has 0 aliphatic rings. The van der Waals surface area contributed by atoms with Gasteiger partial charge >= 0.3 is 5.69 Å². The van der Waals surface area contributed by atoms with E-state index in [2.05, 4.69) is 26.1 Å². The van der Waals surface area contributed by atoms with Crippen LogP contribution in [0.15, 0.2) is 41.6 Å². The predicted octanol–water partition coefficient (Wildman–Crippen LogP) is 1.87. The van der Waals surface area contributed by atoms with Crippen molar-refractivity contribution in [2.45, 2.75) is 6.92 Å². The first kappa shape index (κ1) is 11.0. The Morgan fingerprint density at radius 2 is 1.95 bits per heavy atom. The molecule has 0 fully saturated rings. The van der Waals surface area contributed by atoms with Gasteiger partial charge in [0.25, 0.3) is 0 Å². The van der Waals surface area contributed by atoms with Crippen molar-refractivity contribution in [2.24, 2.45) is 0 Å². The van der Waals surface area contributed by atoms with Crippen LogP contribution in [0.2, 0.25) is 0 Å². The van der Waals surface area contributed by atoms with Gasteiger partial charge in [0.15, 0.2) is 5.65 Å². The van der Waals surface area contributed by atoms with Crippen LogP contribution in [0.3, 0.4) is 0 Å². The summed E-state index contributed by atoms with van der Waals surface area (Å²) in [5, 5.41) is 4.17. The van der Waals surface area contributed by atoms with Crippen molar-refractivity contribution < 1.29 is 0 Å². The van der Waals surface area contributed by atoms with E-state index in [1.54, 1.807) is 10.8 Å². The van der Waals surface area contributed by atoms with Crippen LogP contribution in [0.1, 0.15) is 5.56 Å². The van der Waals surface area contributed by atoms with Crippen LogP contribution in [0.25, 0.3) is 27.8 Å². The maximum atomic E-state index is 11.3. The molecule has 2 N–H and O–H groups in total. The normalized spacial score (nSPS) is 11.4. The fourth-order valence-corrected chi connectivity index (χ4v) is 2.46. The van der Waals surface area contributed by atoms with Gasteiger partial charge in [-0.3, -0.25) is 0 Å². The van der Waals surface area contributed by atoms with Gasteiger partial charge in [0.05, 0.1) is 11.0 Å². The van der Waals surface area contributed by atoms with E-state index in [1.807, 2.05) is 31.3 Å². The number of hydrogen-bond acceptors (Lipinski definition) is 3. The first-order valence-corrected chi connectivity index (χ1v) is 6.23. The summed E-state index contributed by atoms with van der Waals surface area (Å²) in [6.07, 6.45) is 3.47. The van der Waals surface area contributed by atoms with Crippen molar-refractivity contribution in [2.75, 3.05) is 0 Å². The van der Waals surface area contributed by atoms with Gasteiger partial charge in [-0.05, 0) is 36.2 Å². The molecule has 6 heteroatoms. The molecule has 3 heterocycles. The minimum absolute atomic E-state index is 0.194. The summed E-state index contributed by atoms with van der Waals surface area (Å²) in [5.41, 5.74) is 5.37. The number of benzene rings is 1. The predicted molar refractivity (Wildman–Crippen MR) is 75.6 cm³/mol. The Morgan fingerprint density at radius 3 is 2.85 bits per heavy atom. The smallest absolute Gasteiger partial charge is 0.306 e. The van der Waals surface area contributed by atoms with Gasteiger partial charge < -0.3 is 9.97 Å². The number of nitrogens with one attached hydrogen (secondary N) is 2. The molecule has 0 saturated heterocycles. The first-order chi connectivity index (χ1) is 9.70. The second-order valence-corrected chi connectivity index (χ2v) is 4.78. The molecule has 0 saturated carbocycles. The number of fused-ring (bicyclic) bond motifs is 2. The van der Waals surface area contributed by atoms with E-state index in [0.29, 0.717) is 0 Å². The molecule has 6 nitrogen and oxygen atoms in total. The van der Waals surface area contributed by atoms with Gasteiger partial charge in [0.1, 0.15) is 6.33 Å². The van der Waals surface area contributed by atoms with Crippen LogP contribution in [0.4, 0.5) is 0 Å². The maximum Gasteiger partial charge on any atom is 0.323 e. The molecule has 4 rings (SSSR count). The molecule has 20 heavy (non-hydrogen) atoms. The Bertz CT molecular complexity index is 992. The van der Waals surface area contributed by atoms with Gasteiger partial charge in [0.2, 0.25) is 0 Å². The number of rotatable bonds is 1. The third-order valence-corrected chi connectivity index (χ3v) is 3.41. The van der Waals surface area contributed by atoms with Crippen LogP contribution < -0.4 is 5.69 Å². The summed E-state index contributed by atoms with van der Waals surface area (Å²) in [7, 11) is 0. The van der Waals surface area contributed by atoms with Crippen molar-refractivity contribution in [3.05, 3.63) is 52.8 Å². The minimum atomic E-state index is -0.194. The van der Waals surface area contributed by atoms with E-state index in [4.69, 9.17) is 0 Å². The number of nitrogens with zero attached hydrogens (tertiary/aromatic N) is 3. The summed E-state index contributed by atoms with van der Waals surface area (Å²) >= 11 is 0. The zero-order valence-electron chi connectivity index (χ0n) is 10.7. The highest BCUT2D eigenvalue weighted by Gasteiger charge is 2.06. The van der Waals surface area contributed by atoms with E-state index in [-0.39, 0.29) is 5.69 Å². The fraction of sp³-hybridized carbons (Fsp3) is 0.0714. The monoisotopic (exact) mass is 265 g/mol. The highest BCUT2D eigenvalue weighted by molar-refractivity contribution is 5.81. The fourth-order valence-electron chi connectivity index (χ4n) is 2.46. The van der Waals surface area contributed by atoms with E-state index < -0.39 is 0 Å². The molecule has 4 aromatic rings. The van der Waals surface area contributed by atoms with Crippen LogP contribution in [-0.4, -0.2) is 24.6 Å². The lowest BCUT2D eigenvalue weighted by Crippen LogP contribution is -1.99. The number of aromatic amines is 2. The number of pyridine rings is 1. The van der Waals surface area contributed by atoms with Crippen LogP contribution in [-0.2, 0) is 0 Å². The van der Waals surface area contributed by atoms with Gasteiger partial charge in [-0.1, -0.05) is 6.07 Å². The lowest BCUT2D eigenvalue weighted by atomic mass is 10.1. The van der Waals surface area contributed by atoms with E-state index in [1.165, 1.54) is 0 Å². The van der Waals surface area contributed by atoms with Crippen LogP contribution >= 0.6 is 0 Å². The Kier molecular flexibility index (Phi) is 2.09. The average molecular weight is 265 g/mol. The number of H-pyrrole nitrogens is 2. The number of hydrogen-bond donors (Lipinski definition) is 2. The highest BCUT2D eigenvalue weighted by atomic mass is 16.1. The molecular weight excluding hydrogens is 254 g/mol. The van der Waals surface area contributed by atoms with E-state index in [0.717, 1.165) is 33.4 Å². The average Bonchev–Trinajstić information content (AvgIpc) is 3.02. The van der Waals surface area contributed by atoms with Crippen molar-refractivity contribution >= 4 is 16.7 Å². The van der Waals surface area contributed by atoms with Crippen molar-refractivity contribution in [1.29, 1.82) is 0 Å². The third-order valence-electron chi connectivity index (χ3n) is 3.41. The molecule has 0 bridgehead atoms. The zero-order chi connectivity index (χ0) is 13.7. The molecule has 0 unspecified atom stereocenters. The SMILES string of the molecule is Cc1cc(-c2ccc3[nH]c(=O)[nH]c3c2)cn2ncnc12. The molecule has 3 aromatic heterocycles. The van der Waals surface area contributed by atoms with Crippen LogP contribution in [0.5, 0.6) is 0 Å². The van der Waals surface area contributed by atoms with E-state index >= 15 is 0 Å². The minimum Gasteiger partial charge on any atom is -0.306 e. The molecular formula is C14H11N5O. The molecule has 0 atom stereocenters. The molecule has 1 aromatic carbocycles. The Morgan fingerprint density at radius 1 is 1.10 bits per heavy atom. The second kappa shape index (κ2) is 3.80. The zero-order valence-corrected chi connectivity index (χ0v) is 10.7. The molecule has 98 valence electrons. The van der Waals surface area contributed by atoms with Crippen LogP contribution in [0, 0.1) is 6.92 Å². The standard InChI is InChI=1S/C14H11N5O/c1-8-4-10(6-19-13(8)15-7-16-19)9-2-3-11-12(5-9)18-14(20)17-11/h2-7H,1H3,(H2,17,18,20). The van der Waals surface area contributed by atoms with Crippen molar-refractivity contribution in [3.63, 3.8) is 0 Å². The van der Waals surface area contributed by atoms with Gasteiger partial charge in [-0.25, -0.2) is 14.3 Å². The lowest BCUT2D eigenvalue weighted by Gasteiger charge is -2.05. The Hall–Kier alpha value is -2.89. The van der Waals surface area contributed by atoms with Crippen molar-refractivity contribution in [3.8, 4) is 11.1 Å². The Balaban J connectivity index is 1.97. The summed E-state index contributed by atoms with van der Waals surface area (Å²) < 4.78 is 1.76. The van der Waals surface area contributed by atoms with Gasteiger partial charge in [-0.2, -0.15) is 5.10 Å². The lowest BCUT2D eigenvalue weighted by molar-refractivity contribution is 0.958. The topological polar surface area (TPSA) is 78.8 Å². The van der Waals surface area contributed by atoms with Gasteiger partial charge in [-0.15, -0.1) is 0 Å².